The molecule has 5 rings (SSSR count). The van der Waals surface area contributed by atoms with Crippen molar-refractivity contribution in [1.82, 2.24) is 9.88 Å². The fourth-order valence-electron chi connectivity index (χ4n) is 6.00. The number of amides is 1. The lowest BCUT2D eigenvalue weighted by atomic mass is 9.71. The van der Waals surface area contributed by atoms with Crippen molar-refractivity contribution in [3.05, 3.63) is 48.4 Å². The molecule has 0 spiro atoms. The van der Waals surface area contributed by atoms with E-state index in [0.29, 0.717) is 19.4 Å². The predicted octanol–water partition coefficient (Wildman–Crippen LogP) is 5.41. The van der Waals surface area contributed by atoms with Gasteiger partial charge in [0.1, 0.15) is 5.76 Å². The predicted molar refractivity (Wildman–Crippen MR) is 122 cm³/mol. The first-order valence-corrected chi connectivity index (χ1v) is 11.7. The number of rotatable bonds is 5. The van der Waals surface area contributed by atoms with Crippen LogP contribution in [-0.2, 0) is 9.59 Å². The third-order valence-electron chi connectivity index (χ3n) is 7.55. The van der Waals surface area contributed by atoms with Crippen LogP contribution in [0.2, 0.25) is 0 Å². The highest BCUT2D eigenvalue weighted by atomic mass is 16.4. The van der Waals surface area contributed by atoms with Gasteiger partial charge in [-0.1, -0.05) is 31.9 Å². The summed E-state index contributed by atoms with van der Waals surface area (Å²) >= 11 is 0. The number of carbonyl (C=O) groups is 2. The quantitative estimate of drug-likeness (QED) is 0.562. The Kier molecular flexibility index (Phi) is 5.53. The van der Waals surface area contributed by atoms with Crippen LogP contribution in [0.1, 0.15) is 56.9 Å². The number of furan rings is 1. The first-order valence-electron chi connectivity index (χ1n) is 11.7. The number of carbonyl (C=O) groups excluding carboxylic acids is 1. The zero-order valence-corrected chi connectivity index (χ0v) is 18.4. The van der Waals surface area contributed by atoms with Gasteiger partial charge in [-0.05, 0) is 54.9 Å². The Morgan fingerprint density at radius 1 is 1.19 bits per heavy atom. The van der Waals surface area contributed by atoms with Crippen LogP contribution in [0.25, 0.3) is 22.2 Å². The van der Waals surface area contributed by atoms with Crippen LogP contribution < -0.4 is 0 Å². The Hall–Kier alpha value is -3.02. The highest BCUT2D eigenvalue weighted by molar-refractivity contribution is 5.97. The summed E-state index contributed by atoms with van der Waals surface area (Å²) < 4.78 is 5.66. The first kappa shape index (κ1) is 20.9. The Morgan fingerprint density at radius 3 is 2.81 bits per heavy atom. The molecule has 168 valence electrons. The van der Waals surface area contributed by atoms with Gasteiger partial charge in [0.25, 0.3) is 0 Å². The molecule has 6 nitrogen and oxygen atoms in total. The molecule has 0 bridgehead atoms. The number of carboxylic acids is 1. The molecule has 1 aromatic carbocycles. The molecule has 2 aliphatic rings. The van der Waals surface area contributed by atoms with Crippen molar-refractivity contribution < 1.29 is 19.1 Å². The second-order valence-electron chi connectivity index (χ2n) is 9.39. The van der Waals surface area contributed by atoms with E-state index < -0.39 is 5.97 Å². The summed E-state index contributed by atoms with van der Waals surface area (Å²) in [4.78, 5) is 30.6. The van der Waals surface area contributed by atoms with Crippen molar-refractivity contribution >= 4 is 22.8 Å². The van der Waals surface area contributed by atoms with Crippen LogP contribution in [0.4, 0.5) is 0 Å². The second-order valence-corrected chi connectivity index (χ2v) is 9.39. The number of fused-ring (bicyclic) bond motifs is 2. The smallest absolute Gasteiger partial charge is 0.306 e. The minimum atomic E-state index is -0.702. The first-order chi connectivity index (χ1) is 15.5. The van der Waals surface area contributed by atoms with E-state index in [0.717, 1.165) is 53.5 Å². The van der Waals surface area contributed by atoms with Gasteiger partial charge < -0.3 is 19.4 Å². The highest BCUT2D eigenvalue weighted by Gasteiger charge is 2.44. The fourth-order valence-corrected chi connectivity index (χ4v) is 6.00. The maximum atomic E-state index is 13.4. The Morgan fingerprint density at radius 2 is 2.03 bits per heavy atom. The molecule has 4 atom stereocenters. The van der Waals surface area contributed by atoms with Crippen molar-refractivity contribution in [1.29, 1.82) is 0 Å². The normalized spacial score (nSPS) is 24.3. The van der Waals surface area contributed by atoms with E-state index in [1.807, 2.05) is 35.4 Å². The lowest BCUT2D eigenvalue weighted by Gasteiger charge is -2.47. The van der Waals surface area contributed by atoms with E-state index in [1.54, 1.807) is 6.26 Å². The number of nitrogens with zero attached hydrogens (tertiary/aromatic N) is 1. The lowest BCUT2D eigenvalue weighted by Crippen LogP contribution is -2.54. The SMILES string of the molecule is CC(CC(=O)N1CCC(C(=O)O)C2CCCC[C@@H]21)c1c[nH]c2cccc(-c3ccco3)c12. The molecule has 0 radical (unpaired) electrons. The van der Waals surface area contributed by atoms with Gasteiger partial charge in [-0.15, -0.1) is 0 Å². The number of aromatic amines is 1. The molecular weight excluding hydrogens is 404 g/mol. The minimum absolute atomic E-state index is 0.0339. The Balaban J connectivity index is 1.39. The van der Waals surface area contributed by atoms with Crippen LogP contribution in [0.5, 0.6) is 0 Å². The molecule has 3 heterocycles. The van der Waals surface area contributed by atoms with Gasteiger partial charge in [0.2, 0.25) is 5.91 Å². The molecule has 2 fully saturated rings. The number of aliphatic carboxylic acids is 1. The molecule has 1 saturated heterocycles. The molecule has 6 heteroatoms. The van der Waals surface area contributed by atoms with Crippen LogP contribution >= 0.6 is 0 Å². The van der Waals surface area contributed by atoms with Gasteiger partial charge in [-0.2, -0.15) is 0 Å². The number of hydrogen-bond donors (Lipinski definition) is 2. The number of benzene rings is 1. The number of nitrogens with one attached hydrogen (secondary N) is 1. The summed E-state index contributed by atoms with van der Waals surface area (Å²) in [6.07, 6.45) is 8.63. The molecule has 1 aliphatic carbocycles. The summed E-state index contributed by atoms with van der Waals surface area (Å²) in [7, 11) is 0. The number of H-pyrrole nitrogens is 1. The van der Waals surface area contributed by atoms with Crippen LogP contribution in [-0.4, -0.2) is 39.5 Å². The maximum absolute atomic E-state index is 13.4. The second kappa shape index (κ2) is 8.49. The van der Waals surface area contributed by atoms with Crippen LogP contribution in [0, 0.1) is 11.8 Å². The van der Waals surface area contributed by atoms with Gasteiger partial charge in [0.15, 0.2) is 0 Å². The number of hydrogen-bond acceptors (Lipinski definition) is 3. The summed E-state index contributed by atoms with van der Waals surface area (Å²) in [6, 6.07) is 10.0. The van der Waals surface area contributed by atoms with E-state index in [4.69, 9.17) is 4.42 Å². The number of likely N-dealkylation sites (tertiary alicyclic amines) is 1. The molecule has 3 unspecified atom stereocenters. The summed E-state index contributed by atoms with van der Waals surface area (Å²) in [5, 5.41) is 10.8. The zero-order chi connectivity index (χ0) is 22.2. The van der Waals surface area contributed by atoms with Crippen LogP contribution in [0.3, 0.4) is 0 Å². The zero-order valence-electron chi connectivity index (χ0n) is 18.4. The molecule has 1 saturated carbocycles. The standard InChI is InChI=1S/C26H30N2O4/c1-16(20-15-27-21-8-4-7-19(25(20)21)23-10-5-13-32-23)14-24(29)28-12-11-18(26(30)31)17-6-2-3-9-22(17)28/h4-5,7-8,10,13,15-18,22,27H,2-3,6,9,11-12,14H2,1H3,(H,30,31)/t16?,17?,18?,22-/m0/s1. The fraction of sp³-hybridized carbons (Fsp3) is 0.462. The van der Waals surface area contributed by atoms with Gasteiger partial charge in [0, 0.05) is 41.7 Å². The third-order valence-corrected chi connectivity index (χ3v) is 7.55. The van der Waals surface area contributed by atoms with Crippen molar-refractivity contribution in [2.75, 3.05) is 6.54 Å². The van der Waals surface area contributed by atoms with Gasteiger partial charge >= 0.3 is 5.97 Å². The van der Waals surface area contributed by atoms with Gasteiger partial charge in [-0.3, -0.25) is 9.59 Å². The molecule has 2 N–H and O–H groups in total. The number of carboxylic acid groups (broad SMARTS) is 1. The monoisotopic (exact) mass is 434 g/mol. The van der Waals surface area contributed by atoms with Gasteiger partial charge in [0.05, 0.1) is 12.2 Å². The number of piperidine rings is 1. The summed E-state index contributed by atoms with van der Waals surface area (Å²) in [5.74, 6) is 0.0659. The summed E-state index contributed by atoms with van der Waals surface area (Å²) in [5.41, 5.74) is 3.17. The molecule has 2 aromatic heterocycles. The molecular formula is C26H30N2O4. The van der Waals surface area contributed by atoms with Crippen LogP contribution in [0.15, 0.2) is 47.2 Å². The number of aromatic nitrogens is 1. The average molecular weight is 435 g/mol. The largest absolute Gasteiger partial charge is 0.481 e. The molecule has 1 aliphatic heterocycles. The van der Waals surface area contributed by atoms with E-state index in [1.165, 1.54) is 0 Å². The lowest BCUT2D eigenvalue weighted by molar-refractivity contribution is -0.153. The topological polar surface area (TPSA) is 86.5 Å². The van der Waals surface area contributed by atoms with E-state index in [-0.39, 0.29) is 29.7 Å². The average Bonchev–Trinajstić information content (AvgIpc) is 3.48. The van der Waals surface area contributed by atoms with Crippen molar-refractivity contribution in [3.63, 3.8) is 0 Å². The summed E-state index contributed by atoms with van der Waals surface area (Å²) in [6.45, 7) is 2.65. The third kappa shape index (κ3) is 3.61. The molecule has 1 amide bonds. The maximum Gasteiger partial charge on any atom is 0.306 e. The van der Waals surface area contributed by atoms with E-state index in [9.17, 15) is 14.7 Å². The Bertz CT molecular complexity index is 1120. The van der Waals surface area contributed by atoms with Crippen molar-refractivity contribution in [2.45, 2.75) is 57.4 Å². The molecule has 3 aromatic rings. The van der Waals surface area contributed by atoms with E-state index >= 15 is 0 Å². The van der Waals surface area contributed by atoms with Gasteiger partial charge in [-0.25, -0.2) is 0 Å². The highest BCUT2D eigenvalue weighted by Crippen LogP contribution is 2.41. The van der Waals surface area contributed by atoms with E-state index in [2.05, 4.69) is 18.0 Å². The molecule has 32 heavy (non-hydrogen) atoms. The van der Waals surface area contributed by atoms with Crippen molar-refractivity contribution in [3.8, 4) is 11.3 Å². The van der Waals surface area contributed by atoms with Crippen molar-refractivity contribution in [2.24, 2.45) is 11.8 Å². The Labute approximate surface area is 187 Å². The minimum Gasteiger partial charge on any atom is -0.481 e.